The molecule has 9 heteroatoms. The van der Waals surface area contributed by atoms with Crippen molar-refractivity contribution in [2.45, 2.75) is 19.4 Å². The number of alkyl halides is 3. The SMILES string of the molecule is CSCC(=O)Nc1cc(C(=O)Nc2ccc3c(c2)COC3)cc(C(F)(F)F)c1. The topological polar surface area (TPSA) is 67.4 Å². The highest BCUT2D eigenvalue weighted by Crippen LogP contribution is 2.32. The fourth-order valence-electron chi connectivity index (χ4n) is 2.78. The molecule has 1 heterocycles. The monoisotopic (exact) mass is 410 g/mol. The maximum atomic E-state index is 13.2. The van der Waals surface area contributed by atoms with E-state index in [1.54, 1.807) is 24.5 Å². The molecule has 0 bridgehead atoms. The van der Waals surface area contributed by atoms with E-state index < -0.39 is 23.6 Å². The number of hydrogen-bond donors (Lipinski definition) is 2. The van der Waals surface area contributed by atoms with E-state index in [0.29, 0.717) is 18.9 Å². The van der Waals surface area contributed by atoms with Crippen LogP contribution in [0.3, 0.4) is 0 Å². The number of carbonyl (C=O) groups excluding carboxylic acids is 2. The Labute approximate surface area is 163 Å². The van der Waals surface area contributed by atoms with E-state index in [2.05, 4.69) is 10.6 Å². The third-order valence-electron chi connectivity index (χ3n) is 4.06. The van der Waals surface area contributed by atoms with Crippen LogP contribution in [0.25, 0.3) is 0 Å². The summed E-state index contributed by atoms with van der Waals surface area (Å²) in [5.41, 5.74) is 1.09. The van der Waals surface area contributed by atoms with E-state index in [0.717, 1.165) is 23.3 Å². The van der Waals surface area contributed by atoms with Crippen LogP contribution in [0.15, 0.2) is 36.4 Å². The molecule has 2 N–H and O–H groups in total. The first-order valence-electron chi connectivity index (χ1n) is 8.28. The molecule has 0 radical (unpaired) electrons. The minimum Gasteiger partial charge on any atom is -0.372 e. The quantitative estimate of drug-likeness (QED) is 0.772. The number of halogens is 3. The summed E-state index contributed by atoms with van der Waals surface area (Å²) in [6, 6.07) is 7.99. The molecule has 0 saturated heterocycles. The number of hydrogen-bond acceptors (Lipinski definition) is 4. The van der Waals surface area contributed by atoms with Crippen molar-refractivity contribution in [3.05, 3.63) is 58.7 Å². The summed E-state index contributed by atoms with van der Waals surface area (Å²) in [7, 11) is 0. The second-order valence-electron chi connectivity index (χ2n) is 6.21. The van der Waals surface area contributed by atoms with Gasteiger partial charge in [0.1, 0.15) is 0 Å². The first-order chi connectivity index (χ1) is 13.3. The molecule has 0 atom stereocenters. The van der Waals surface area contributed by atoms with Gasteiger partial charge in [-0.3, -0.25) is 9.59 Å². The van der Waals surface area contributed by atoms with Crippen molar-refractivity contribution < 1.29 is 27.5 Å². The number of rotatable bonds is 5. The lowest BCUT2D eigenvalue weighted by molar-refractivity contribution is -0.137. The van der Waals surface area contributed by atoms with Gasteiger partial charge >= 0.3 is 6.18 Å². The minimum absolute atomic E-state index is 0.0821. The summed E-state index contributed by atoms with van der Waals surface area (Å²) < 4.78 is 44.9. The van der Waals surface area contributed by atoms with E-state index in [9.17, 15) is 22.8 Å². The Hall–Kier alpha value is -2.52. The fraction of sp³-hybridized carbons (Fsp3) is 0.263. The van der Waals surface area contributed by atoms with Gasteiger partial charge in [0, 0.05) is 16.9 Å². The van der Waals surface area contributed by atoms with Crippen LogP contribution >= 0.6 is 11.8 Å². The van der Waals surface area contributed by atoms with Crippen LogP contribution in [-0.4, -0.2) is 23.8 Å². The predicted octanol–water partition coefficient (Wildman–Crippen LogP) is 4.29. The highest BCUT2D eigenvalue weighted by atomic mass is 32.2. The molecule has 0 aliphatic carbocycles. The van der Waals surface area contributed by atoms with Crippen molar-refractivity contribution in [3.63, 3.8) is 0 Å². The zero-order chi connectivity index (χ0) is 20.3. The molecule has 0 saturated carbocycles. The van der Waals surface area contributed by atoms with E-state index in [1.165, 1.54) is 17.8 Å². The maximum absolute atomic E-state index is 13.2. The van der Waals surface area contributed by atoms with Crippen molar-refractivity contribution in [2.24, 2.45) is 0 Å². The van der Waals surface area contributed by atoms with Gasteiger partial charge < -0.3 is 15.4 Å². The Morgan fingerprint density at radius 2 is 1.79 bits per heavy atom. The van der Waals surface area contributed by atoms with Crippen LogP contribution in [0.4, 0.5) is 24.5 Å². The summed E-state index contributed by atoms with van der Waals surface area (Å²) in [4.78, 5) is 24.3. The summed E-state index contributed by atoms with van der Waals surface area (Å²) >= 11 is 1.24. The molecule has 0 spiro atoms. The standard InChI is InChI=1S/C19H17F3N2O3S/c1-28-10-17(25)23-16-5-12(4-14(7-16)19(20,21)22)18(26)24-15-3-2-11-8-27-9-13(11)6-15/h2-7H,8-10H2,1H3,(H,23,25)(H,24,26). The van der Waals surface area contributed by atoms with E-state index in [-0.39, 0.29) is 17.0 Å². The molecule has 2 aromatic rings. The zero-order valence-corrected chi connectivity index (χ0v) is 15.7. The third kappa shape index (κ3) is 4.85. The molecule has 0 aromatic heterocycles. The smallest absolute Gasteiger partial charge is 0.372 e. The van der Waals surface area contributed by atoms with E-state index in [4.69, 9.17) is 4.74 Å². The molecule has 0 unspecified atom stereocenters. The Morgan fingerprint density at radius 3 is 2.50 bits per heavy atom. The number of thioether (sulfide) groups is 1. The molecular weight excluding hydrogens is 393 g/mol. The normalized spacial score (nSPS) is 13.1. The average Bonchev–Trinajstić information content (AvgIpc) is 3.08. The number of nitrogens with one attached hydrogen (secondary N) is 2. The van der Waals surface area contributed by atoms with Crippen LogP contribution in [0.5, 0.6) is 0 Å². The van der Waals surface area contributed by atoms with Crippen molar-refractivity contribution >= 4 is 35.0 Å². The first kappa shape index (κ1) is 20.2. The molecule has 1 aliphatic rings. The van der Waals surface area contributed by atoms with Gasteiger partial charge in [-0.05, 0) is 47.7 Å². The molecule has 2 amide bonds. The maximum Gasteiger partial charge on any atom is 0.416 e. The molecule has 1 aliphatic heterocycles. The third-order valence-corrected chi connectivity index (χ3v) is 4.61. The van der Waals surface area contributed by atoms with Crippen LogP contribution in [0, 0.1) is 0 Å². The molecule has 148 valence electrons. The van der Waals surface area contributed by atoms with Crippen molar-refractivity contribution in [1.29, 1.82) is 0 Å². The van der Waals surface area contributed by atoms with Gasteiger partial charge in [-0.2, -0.15) is 24.9 Å². The highest BCUT2D eigenvalue weighted by Gasteiger charge is 2.32. The number of benzene rings is 2. The molecule has 2 aromatic carbocycles. The number of ether oxygens (including phenoxy) is 1. The molecular formula is C19H17F3N2O3S. The van der Waals surface area contributed by atoms with Gasteiger partial charge in [0.15, 0.2) is 0 Å². The van der Waals surface area contributed by atoms with Crippen LogP contribution in [0.2, 0.25) is 0 Å². The molecule has 3 rings (SSSR count). The number of amides is 2. The second-order valence-corrected chi connectivity index (χ2v) is 7.07. The zero-order valence-electron chi connectivity index (χ0n) is 14.9. The van der Waals surface area contributed by atoms with E-state index in [1.807, 2.05) is 0 Å². The molecule has 5 nitrogen and oxygen atoms in total. The number of carbonyl (C=O) groups is 2. The average molecular weight is 410 g/mol. The van der Waals surface area contributed by atoms with Crippen LogP contribution in [-0.2, 0) is 28.9 Å². The summed E-state index contributed by atoms with van der Waals surface area (Å²) in [6.07, 6.45) is -2.95. The van der Waals surface area contributed by atoms with Crippen molar-refractivity contribution in [2.75, 3.05) is 22.6 Å². The fourth-order valence-corrected chi connectivity index (χ4v) is 3.11. The number of anilines is 2. The second kappa shape index (κ2) is 8.24. The first-order valence-corrected chi connectivity index (χ1v) is 9.67. The lowest BCUT2D eigenvalue weighted by Crippen LogP contribution is -2.18. The Balaban J connectivity index is 1.86. The van der Waals surface area contributed by atoms with Gasteiger partial charge in [-0.25, -0.2) is 0 Å². The van der Waals surface area contributed by atoms with Gasteiger partial charge in [0.2, 0.25) is 5.91 Å². The van der Waals surface area contributed by atoms with Gasteiger partial charge in [0.25, 0.3) is 5.91 Å². The van der Waals surface area contributed by atoms with Crippen LogP contribution < -0.4 is 10.6 Å². The van der Waals surface area contributed by atoms with Crippen molar-refractivity contribution in [3.8, 4) is 0 Å². The summed E-state index contributed by atoms with van der Waals surface area (Å²) in [5.74, 6) is -1.06. The lowest BCUT2D eigenvalue weighted by atomic mass is 10.1. The Kier molecular flexibility index (Phi) is 5.95. The molecule has 0 fully saturated rings. The largest absolute Gasteiger partial charge is 0.416 e. The summed E-state index contributed by atoms with van der Waals surface area (Å²) in [6.45, 7) is 0.921. The van der Waals surface area contributed by atoms with Gasteiger partial charge in [-0.15, -0.1) is 0 Å². The molecule has 28 heavy (non-hydrogen) atoms. The Morgan fingerprint density at radius 1 is 1.04 bits per heavy atom. The highest BCUT2D eigenvalue weighted by molar-refractivity contribution is 7.99. The minimum atomic E-state index is -4.65. The predicted molar refractivity (Wildman–Crippen MR) is 101 cm³/mol. The van der Waals surface area contributed by atoms with Gasteiger partial charge in [0.05, 0.1) is 24.5 Å². The lowest BCUT2D eigenvalue weighted by Gasteiger charge is -2.13. The van der Waals surface area contributed by atoms with E-state index >= 15 is 0 Å². The summed E-state index contributed by atoms with van der Waals surface area (Å²) in [5, 5.41) is 4.99. The van der Waals surface area contributed by atoms with Crippen molar-refractivity contribution in [1.82, 2.24) is 0 Å². The van der Waals surface area contributed by atoms with Gasteiger partial charge in [-0.1, -0.05) is 6.07 Å². The Bertz CT molecular complexity index is 916. The number of fused-ring (bicyclic) bond motifs is 1. The van der Waals surface area contributed by atoms with Crippen LogP contribution in [0.1, 0.15) is 27.0 Å².